The average Bonchev–Trinajstić information content (AvgIpc) is 2.98. The highest BCUT2D eigenvalue weighted by molar-refractivity contribution is 7.10. The molecule has 0 radical (unpaired) electrons. The molecule has 0 bridgehead atoms. The van der Waals surface area contributed by atoms with E-state index in [9.17, 15) is 9.90 Å². The van der Waals surface area contributed by atoms with E-state index in [1.54, 1.807) is 11.3 Å². The lowest BCUT2D eigenvalue weighted by molar-refractivity contribution is -0.144. The van der Waals surface area contributed by atoms with Crippen LogP contribution in [-0.4, -0.2) is 41.8 Å². The van der Waals surface area contributed by atoms with Gasteiger partial charge in [-0.15, -0.1) is 11.3 Å². The second kappa shape index (κ2) is 4.99. The van der Waals surface area contributed by atoms with Crippen molar-refractivity contribution < 1.29 is 14.6 Å². The van der Waals surface area contributed by atoms with Crippen molar-refractivity contribution in [3.63, 3.8) is 0 Å². The van der Waals surface area contributed by atoms with Gasteiger partial charge in [-0.05, 0) is 36.3 Å². The Bertz CT molecular complexity index is 439. The number of rotatable bonds is 3. The van der Waals surface area contributed by atoms with Crippen molar-refractivity contribution in [2.75, 3.05) is 19.7 Å². The molecule has 0 saturated carbocycles. The van der Waals surface area contributed by atoms with E-state index in [2.05, 4.69) is 4.90 Å². The number of nitrogens with zero attached hydrogens (tertiary/aromatic N) is 1. The zero-order chi connectivity index (χ0) is 12.5. The normalized spacial score (nSPS) is 28.2. The first-order valence-corrected chi connectivity index (χ1v) is 7.28. The molecule has 5 heteroatoms. The molecule has 3 rings (SSSR count). The number of ether oxygens (including phenoxy) is 1. The standard InChI is InChI=1S/C13H17NO3S/c15-13(16)12-10-4-7-18-11(10)3-5-14(12)8-9-2-1-6-17-9/h4,7,9,12H,1-3,5-6,8H2,(H,15,16). The van der Waals surface area contributed by atoms with Crippen molar-refractivity contribution in [1.82, 2.24) is 4.90 Å². The van der Waals surface area contributed by atoms with E-state index in [1.165, 1.54) is 4.88 Å². The third-order valence-electron chi connectivity index (χ3n) is 3.76. The maximum atomic E-state index is 11.5. The molecule has 0 amide bonds. The van der Waals surface area contributed by atoms with E-state index in [1.807, 2.05) is 11.4 Å². The van der Waals surface area contributed by atoms with Crippen LogP contribution in [0.15, 0.2) is 11.4 Å². The lowest BCUT2D eigenvalue weighted by Gasteiger charge is -2.34. The third kappa shape index (κ3) is 2.18. The quantitative estimate of drug-likeness (QED) is 0.909. The average molecular weight is 267 g/mol. The van der Waals surface area contributed by atoms with Crippen molar-refractivity contribution in [3.8, 4) is 0 Å². The molecule has 0 spiro atoms. The van der Waals surface area contributed by atoms with E-state index < -0.39 is 12.0 Å². The summed E-state index contributed by atoms with van der Waals surface area (Å²) in [6.07, 6.45) is 3.33. The predicted molar refractivity (Wildman–Crippen MR) is 68.9 cm³/mol. The fraction of sp³-hybridized carbons (Fsp3) is 0.615. The minimum absolute atomic E-state index is 0.215. The largest absolute Gasteiger partial charge is 0.480 e. The smallest absolute Gasteiger partial charge is 0.325 e. The third-order valence-corrected chi connectivity index (χ3v) is 4.76. The molecule has 2 atom stereocenters. The summed E-state index contributed by atoms with van der Waals surface area (Å²) in [4.78, 5) is 14.8. The summed E-state index contributed by atoms with van der Waals surface area (Å²) in [6, 6.07) is 1.48. The van der Waals surface area contributed by atoms with Gasteiger partial charge >= 0.3 is 5.97 Å². The molecule has 98 valence electrons. The SMILES string of the molecule is O=C(O)C1c2ccsc2CCN1CC1CCCO1. The van der Waals surface area contributed by atoms with Crippen molar-refractivity contribution in [2.24, 2.45) is 0 Å². The summed E-state index contributed by atoms with van der Waals surface area (Å²) in [6.45, 7) is 2.39. The van der Waals surface area contributed by atoms with Gasteiger partial charge in [0.1, 0.15) is 6.04 Å². The van der Waals surface area contributed by atoms with Gasteiger partial charge in [-0.2, -0.15) is 0 Å². The molecule has 2 unspecified atom stereocenters. The first-order valence-electron chi connectivity index (χ1n) is 6.40. The Morgan fingerprint density at radius 1 is 1.61 bits per heavy atom. The van der Waals surface area contributed by atoms with Gasteiger partial charge in [0.2, 0.25) is 0 Å². The Morgan fingerprint density at radius 3 is 3.22 bits per heavy atom. The highest BCUT2D eigenvalue weighted by Gasteiger charge is 2.35. The molecule has 18 heavy (non-hydrogen) atoms. The predicted octanol–water partition coefficient (Wildman–Crippen LogP) is 1.91. The van der Waals surface area contributed by atoms with Gasteiger partial charge in [0.05, 0.1) is 6.10 Å². The Morgan fingerprint density at radius 2 is 2.50 bits per heavy atom. The molecule has 0 aromatic carbocycles. The van der Waals surface area contributed by atoms with Crippen LogP contribution < -0.4 is 0 Å². The number of thiophene rings is 1. The molecule has 0 aliphatic carbocycles. The Balaban J connectivity index is 1.79. The summed E-state index contributed by atoms with van der Waals surface area (Å²) in [5, 5.41) is 11.5. The lowest BCUT2D eigenvalue weighted by atomic mass is 9.99. The zero-order valence-corrected chi connectivity index (χ0v) is 11.0. The van der Waals surface area contributed by atoms with Crippen LogP contribution in [-0.2, 0) is 16.0 Å². The van der Waals surface area contributed by atoms with Crippen LogP contribution >= 0.6 is 11.3 Å². The first-order chi connectivity index (χ1) is 8.75. The van der Waals surface area contributed by atoms with Crippen LogP contribution in [0, 0.1) is 0 Å². The summed E-state index contributed by atoms with van der Waals surface area (Å²) in [5.74, 6) is -0.743. The van der Waals surface area contributed by atoms with E-state index in [4.69, 9.17) is 4.74 Å². The van der Waals surface area contributed by atoms with Crippen LogP contribution in [0.25, 0.3) is 0 Å². The second-order valence-corrected chi connectivity index (χ2v) is 5.92. The van der Waals surface area contributed by atoms with Gasteiger partial charge in [0.25, 0.3) is 0 Å². The van der Waals surface area contributed by atoms with E-state index >= 15 is 0 Å². The summed E-state index contributed by atoms with van der Waals surface area (Å²) in [5.41, 5.74) is 0.983. The molecule has 1 fully saturated rings. The van der Waals surface area contributed by atoms with Gasteiger partial charge in [-0.25, -0.2) is 0 Å². The number of hydrogen-bond acceptors (Lipinski definition) is 4. The molecule has 1 saturated heterocycles. The molecule has 1 aromatic heterocycles. The summed E-state index contributed by atoms with van der Waals surface area (Å²) in [7, 11) is 0. The fourth-order valence-electron chi connectivity index (χ4n) is 2.90. The molecule has 1 aromatic rings. The Labute approximate surface area is 110 Å². The van der Waals surface area contributed by atoms with Crippen LogP contribution in [0.1, 0.15) is 29.3 Å². The highest BCUT2D eigenvalue weighted by atomic mass is 32.1. The number of hydrogen-bond donors (Lipinski definition) is 1. The minimum Gasteiger partial charge on any atom is -0.480 e. The van der Waals surface area contributed by atoms with Crippen molar-refractivity contribution in [2.45, 2.75) is 31.4 Å². The van der Waals surface area contributed by atoms with Gasteiger partial charge in [0.15, 0.2) is 0 Å². The van der Waals surface area contributed by atoms with E-state index in [-0.39, 0.29) is 6.10 Å². The Hall–Kier alpha value is -0.910. The lowest BCUT2D eigenvalue weighted by Crippen LogP contribution is -2.42. The van der Waals surface area contributed by atoms with Crippen LogP contribution in [0.4, 0.5) is 0 Å². The molecular weight excluding hydrogens is 250 g/mol. The highest BCUT2D eigenvalue weighted by Crippen LogP contribution is 2.34. The van der Waals surface area contributed by atoms with Gasteiger partial charge in [0, 0.05) is 24.6 Å². The van der Waals surface area contributed by atoms with Gasteiger partial charge in [-0.1, -0.05) is 0 Å². The number of carboxylic acids is 1. The summed E-state index contributed by atoms with van der Waals surface area (Å²) >= 11 is 1.67. The molecule has 4 nitrogen and oxygen atoms in total. The molecular formula is C13H17NO3S. The maximum absolute atomic E-state index is 11.5. The molecule has 3 heterocycles. The minimum atomic E-state index is -0.743. The van der Waals surface area contributed by atoms with Gasteiger partial charge in [-0.3, -0.25) is 9.69 Å². The number of carbonyl (C=O) groups is 1. The van der Waals surface area contributed by atoms with Crippen LogP contribution in [0.5, 0.6) is 0 Å². The second-order valence-electron chi connectivity index (χ2n) is 4.92. The number of fused-ring (bicyclic) bond motifs is 1. The van der Waals surface area contributed by atoms with E-state index in [0.717, 1.165) is 44.5 Å². The fourth-order valence-corrected chi connectivity index (χ4v) is 3.81. The Kier molecular flexibility index (Phi) is 3.37. The van der Waals surface area contributed by atoms with Crippen molar-refractivity contribution >= 4 is 17.3 Å². The topological polar surface area (TPSA) is 49.8 Å². The number of aliphatic carboxylic acids is 1. The van der Waals surface area contributed by atoms with Crippen molar-refractivity contribution in [1.29, 1.82) is 0 Å². The van der Waals surface area contributed by atoms with Crippen LogP contribution in [0.2, 0.25) is 0 Å². The van der Waals surface area contributed by atoms with E-state index in [0.29, 0.717) is 0 Å². The monoisotopic (exact) mass is 267 g/mol. The molecule has 1 N–H and O–H groups in total. The van der Waals surface area contributed by atoms with Gasteiger partial charge < -0.3 is 9.84 Å². The molecule has 2 aliphatic rings. The number of carboxylic acid groups (broad SMARTS) is 1. The maximum Gasteiger partial charge on any atom is 0.325 e. The van der Waals surface area contributed by atoms with Crippen molar-refractivity contribution in [3.05, 3.63) is 21.9 Å². The zero-order valence-electron chi connectivity index (χ0n) is 10.2. The first kappa shape index (κ1) is 12.1. The molecule has 2 aliphatic heterocycles. The summed E-state index contributed by atoms with van der Waals surface area (Å²) < 4.78 is 5.62. The van der Waals surface area contributed by atoms with Crippen LogP contribution in [0.3, 0.4) is 0 Å².